The summed E-state index contributed by atoms with van der Waals surface area (Å²) in [5.41, 5.74) is 1.08. The molecule has 0 radical (unpaired) electrons. The lowest BCUT2D eigenvalue weighted by Gasteiger charge is -2.22. The van der Waals surface area contributed by atoms with Gasteiger partial charge in [-0.05, 0) is 37.2 Å². The molecule has 0 unspecified atom stereocenters. The molecule has 0 spiro atoms. The summed E-state index contributed by atoms with van der Waals surface area (Å²) in [6.07, 6.45) is 3.11. The third-order valence-electron chi connectivity index (χ3n) is 5.16. The average Bonchev–Trinajstić information content (AvgIpc) is 2.97. The van der Waals surface area contributed by atoms with E-state index in [9.17, 15) is 14.4 Å². The number of ether oxygens (including phenoxy) is 1. The number of urea groups is 1. The number of benzene rings is 1. The van der Waals surface area contributed by atoms with Crippen molar-refractivity contribution in [2.24, 2.45) is 5.92 Å². The number of rotatable bonds is 8. The first kappa shape index (κ1) is 19.4. The highest BCUT2D eigenvalue weighted by Crippen LogP contribution is 2.15. The minimum Gasteiger partial charge on any atom is -0.381 e. The molecular weight excluding hydrogens is 346 g/mol. The summed E-state index contributed by atoms with van der Waals surface area (Å²) in [5, 5.41) is 5.62. The van der Waals surface area contributed by atoms with Gasteiger partial charge in [0, 0.05) is 32.7 Å². The summed E-state index contributed by atoms with van der Waals surface area (Å²) in [4.78, 5) is 37.8. The van der Waals surface area contributed by atoms with Crippen molar-refractivity contribution in [1.29, 1.82) is 0 Å². The largest absolute Gasteiger partial charge is 0.381 e. The highest BCUT2D eigenvalue weighted by atomic mass is 16.5. The molecule has 146 valence electrons. The van der Waals surface area contributed by atoms with Gasteiger partial charge in [0.1, 0.15) is 6.04 Å². The van der Waals surface area contributed by atoms with Gasteiger partial charge in [0.2, 0.25) is 5.91 Å². The average molecular weight is 373 g/mol. The van der Waals surface area contributed by atoms with Crippen LogP contribution in [0.1, 0.15) is 31.2 Å². The van der Waals surface area contributed by atoms with Crippen LogP contribution in [0.25, 0.3) is 0 Å². The van der Waals surface area contributed by atoms with Crippen LogP contribution in [0, 0.1) is 5.92 Å². The molecule has 0 aromatic heterocycles. The summed E-state index contributed by atoms with van der Waals surface area (Å²) < 4.78 is 5.31. The van der Waals surface area contributed by atoms with Gasteiger partial charge in [-0.15, -0.1) is 0 Å². The molecule has 1 atom stereocenters. The first-order chi connectivity index (χ1) is 13.1. The fourth-order valence-electron chi connectivity index (χ4n) is 3.44. The van der Waals surface area contributed by atoms with E-state index in [2.05, 4.69) is 10.6 Å². The second-order valence-electron chi connectivity index (χ2n) is 7.13. The number of carbonyl (C=O) groups excluding carboxylic acids is 3. The third-order valence-corrected chi connectivity index (χ3v) is 5.16. The molecule has 7 nitrogen and oxygen atoms in total. The summed E-state index contributed by atoms with van der Waals surface area (Å²) in [5.74, 6) is 0.142. The Kier molecular flexibility index (Phi) is 6.81. The summed E-state index contributed by atoms with van der Waals surface area (Å²) in [6, 6.07) is 8.76. The molecule has 2 saturated heterocycles. The van der Waals surface area contributed by atoms with Crippen LogP contribution < -0.4 is 10.6 Å². The summed E-state index contributed by atoms with van der Waals surface area (Å²) in [6.45, 7) is 2.50. The van der Waals surface area contributed by atoms with Crippen molar-refractivity contribution in [2.75, 3.05) is 26.3 Å². The lowest BCUT2D eigenvalue weighted by Crippen LogP contribution is -2.35. The lowest BCUT2D eigenvalue weighted by molar-refractivity contribution is -0.127. The predicted octanol–water partition coefficient (Wildman–Crippen LogP) is 1.47. The Bertz CT molecular complexity index is 658. The van der Waals surface area contributed by atoms with E-state index in [1.54, 1.807) is 0 Å². The number of carbonyl (C=O) groups is 3. The van der Waals surface area contributed by atoms with Crippen LogP contribution in [-0.4, -0.2) is 55.1 Å². The van der Waals surface area contributed by atoms with Gasteiger partial charge in [-0.1, -0.05) is 30.3 Å². The number of hydrogen-bond acceptors (Lipinski definition) is 4. The quantitative estimate of drug-likeness (QED) is 0.676. The van der Waals surface area contributed by atoms with Gasteiger partial charge >= 0.3 is 6.03 Å². The standard InChI is InChI=1S/C20H27N3O4/c24-18(21-14-16-9-12-27-13-10-16)7-6-17-19(25)23(20(26)22-17)11-8-15-4-2-1-3-5-15/h1-5,16-17H,6-14H2,(H,21,24)(H,22,26)/t17-/m1/s1. The molecule has 2 aliphatic rings. The van der Waals surface area contributed by atoms with Gasteiger partial charge in [-0.25, -0.2) is 4.79 Å². The predicted molar refractivity (Wildman–Crippen MR) is 100.0 cm³/mol. The zero-order valence-corrected chi connectivity index (χ0v) is 15.5. The van der Waals surface area contributed by atoms with Crippen molar-refractivity contribution >= 4 is 17.8 Å². The van der Waals surface area contributed by atoms with Crippen molar-refractivity contribution < 1.29 is 19.1 Å². The molecular formula is C20H27N3O4. The van der Waals surface area contributed by atoms with Crippen molar-refractivity contribution in [1.82, 2.24) is 15.5 Å². The van der Waals surface area contributed by atoms with Crippen molar-refractivity contribution in [2.45, 2.75) is 38.1 Å². The Balaban J connectivity index is 1.39. The molecule has 2 N–H and O–H groups in total. The highest BCUT2D eigenvalue weighted by Gasteiger charge is 2.37. The SMILES string of the molecule is O=C(CC[C@H]1NC(=O)N(CCc2ccccc2)C1=O)NCC1CCOCC1. The molecule has 2 aliphatic heterocycles. The normalized spacial score (nSPS) is 20.6. The van der Waals surface area contributed by atoms with E-state index in [1.807, 2.05) is 30.3 Å². The molecule has 0 saturated carbocycles. The van der Waals surface area contributed by atoms with E-state index in [-0.39, 0.29) is 24.3 Å². The third kappa shape index (κ3) is 5.53. The molecule has 1 aromatic carbocycles. The molecule has 27 heavy (non-hydrogen) atoms. The smallest absolute Gasteiger partial charge is 0.324 e. The minimum absolute atomic E-state index is 0.0775. The van der Waals surface area contributed by atoms with Gasteiger partial charge in [0.25, 0.3) is 5.91 Å². The molecule has 3 rings (SSSR count). The number of amides is 4. The van der Waals surface area contributed by atoms with Crippen molar-refractivity contribution in [3.05, 3.63) is 35.9 Å². The molecule has 0 aliphatic carbocycles. The zero-order chi connectivity index (χ0) is 19.1. The highest BCUT2D eigenvalue weighted by molar-refractivity contribution is 6.04. The number of hydrogen-bond donors (Lipinski definition) is 2. The van der Waals surface area contributed by atoms with E-state index in [4.69, 9.17) is 4.74 Å². The van der Waals surface area contributed by atoms with E-state index in [1.165, 1.54) is 4.90 Å². The molecule has 2 heterocycles. The van der Waals surface area contributed by atoms with E-state index < -0.39 is 6.04 Å². The minimum atomic E-state index is -0.609. The first-order valence-corrected chi connectivity index (χ1v) is 9.63. The monoisotopic (exact) mass is 373 g/mol. The zero-order valence-electron chi connectivity index (χ0n) is 15.5. The first-order valence-electron chi connectivity index (χ1n) is 9.63. The molecule has 4 amide bonds. The van der Waals surface area contributed by atoms with E-state index in [0.717, 1.165) is 31.6 Å². The van der Waals surface area contributed by atoms with Crippen LogP contribution in [0.3, 0.4) is 0 Å². The Labute approximate surface area is 159 Å². The Morgan fingerprint density at radius 1 is 1.19 bits per heavy atom. The Morgan fingerprint density at radius 2 is 1.93 bits per heavy atom. The Hall–Kier alpha value is -2.41. The summed E-state index contributed by atoms with van der Waals surface area (Å²) >= 11 is 0. The topological polar surface area (TPSA) is 87.7 Å². The molecule has 7 heteroatoms. The van der Waals surface area contributed by atoms with Crippen LogP contribution >= 0.6 is 0 Å². The van der Waals surface area contributed by atoms with Gasteiger partial charge in [-0.3, -0.25) is 14.5 Å². The van der Waals surface area contributed by atoms with Gasteiger partial charge in [-0.2, -0.15) is 0 Å². The van der Waals surface area contributed by atoms with E-state index >= 15 is 0 Å². The fourth-order valence-corrected chi connectivity index (χ4v) is 3.44. The number of nitrogens with zero attached hydrogens (tertiary/aromatic N) is 1. The number of imide groups is 1. The fraction of sp³-hybridized carbons (Fsp3) is 0.550. The van der Waals surface area contributed by atoms with Gasteiger partial charge in [0.15, 0.2) is 0 Å². The van der Waals surface area contributed by atoms with Gasteiger partial charge in [0.05, 0.1) is 0 Å². The van der Waals surface area contributed by atoms with Crippen molar-refractivity contribution in [3.8, 4) is 0 Å². The maximum absolute atomic E-state index is 12.5. The van der Waals surface area contributed by atoms with E-state index in [0.29, 0.717) is 31.8 Å². The van der Waals surface area contributed by atoms with Crippen LogP contribution in [0.5, 0.6) is 0 Å². The van der Waals surface area contributed by atoms with Crippen molar-refractivity contribution in [3.63, 3.8) is 0 Å². The molecule has 0 bridgehead atoms. The molecule has 1 aromatic rings. The lowest BCUT2D eigenvalue weighted by atomic mass is 10.0. The van der Waals surface area contributed by atoms with Crippen LogP contribution in [0.15, 0.2) is 30.3 Å². The second kappa shape index (κ2) is 9.50. The van der Waals surface area contributed by atoms with Gasteiger partial charge < -0.3 is 15.4 Å². The number of nitrogens with one attached hydrogen (secondary N) is 2. The maximum Gasteiger partial charge on any atom is 0.324 e. The van der Waals surface area contributed by atoms with Crippen LogP contribution in [0.4, 0.5) is 4.79 Å². The molecule has 2 fully saturated rings. The second-order valence-corrected chi connectivity index (χ2v) is 7.13. The Morgan fingerprint density at radius 3 is 2.67 bits per heavy atom. The van der Waals surface area contributed by atoms with Crippen LogP contribution in [0.2, 0.25) is 0 Å². The van der Waals surface area contributed by atoms with Crippen LogP contribution in [-0.2, 0) is 20.7 Å². The summed E-state index contributed by atoms with van der Waals surface area (Å²) in [7, 11) is 0. The maximum atomic E-state index is 12.5.